The molecule has 0 aromatic heterocycles. The Kier molecular flexibility index (Phi) is 3.81. The maximum Gasteiger partial charge on any atom is 0.161 e. The topological polar surface area (TPSA) is 41.9 Å². The van der Waals surface area contributed by atoms with E-state index in [0.717, 1.165) is 37.1 Å². The Labute approximate surface area is 143 Å². The van der Waals surface area contributed by atoms with Crippen molar-refractivity contribution < 1.29 is 18.7 Å². The SMILES string of the molecule is [2H]C([2H])([2H])Oc1cc2c(cc1OC)[C@H]1C[C@@H](O)[C@H](CC(C)C)CN1CC2. The van der Waals surface area contributed by atoms with Gasteiger partial charge in [-0.25, -0.2) is 0 Å². The van der Waals surface area contributed by atoms with Crippen molar-refractivity contribution in [3.8, 4) is 11.5 Å². The molecule has 1 N–H and O–H groups in total. The zero-order valence-corrected chi connectivity index (χ0v) is 14.2. The summed E-state index contributed by atoms with van der Waals surface area (Å²) in [6.45, 7) is 6.21. The molecule has 1 aromatic carbocycles. The van der Waals surface area contributed by atoms with Gasteiger partial charge in [-0.15, -0.1) is 0 Å². The second-order valence-corrected chi connectivity index (χ2v) is 7.26. The minimum absolute atomic E-state index is 0.146. The van der Waals surface area contributed by atoms with Gasteiger partial charge in [0.2, 0.25) is 0 Å². The van der Waals surface area contributed by atoms with Gasteiger partial charge in [-0.1, -0.05) is 13.8 Å². The fourth-order valence-corrected chi connectivity index (χ4v) is 4.18. The summed E-state index contributed by atoms with van der Waals surface area (Å²) in [5.41, 5.74) is 2.20. The first-order chi connectivity index (χ1) is 12.2. The van der Waals surface area contributed by atoms with Gasteiger partial charge in [0, 0.05) is 19.1 Å². The molecule has 1 aromatic rings. The van der Waals surface area contributed by atoms with Crippen LogP contribution in [0.5, 0.6) is 11.5 Å². The van der Waals surface area contributed by atoms with E-state index in [9.17, 15) is 5.11 Å². The number of fused-ring (bicyclic) bond motifs is 3. The number of aliphatic hydroxyl groups excluding tert-OH is 1. The standard InChI is InChI=1S/C19H29NO3/c1-12(2)7-14-11-20-6-5-13-8-18(22-3)19(23-4)9-15(13)16(20)10-17(14)21/h8-9,12,14,16-17,21H,5-7,10-11H2,1-4H3/t14-,16-,17-/m1/s1/i3D3. The van der Waals surface area contributed by atoms with Gasteiger partial charge in [0.05, 0.1) is 24.4 Å². The highest BCUT2D eigenvalue weighted by Gasteiger charge is 2.38. The molecule has 0 radical (unpaired) electrons. The molecule has 23 heavy (non-hydrogen) atoms. The predicted octanol–water partition coefficient (Wildman–Crippen LogP) is 3.03. The zero-order valence-electron chi connectivity index (χ0n) is 17.2. The molecule has 0 amide bonds. The monoisotopic (exact) mass is 322 g/mol. The van der Waals surface area contributed by atoms with E-state index in [2.05, 4.69) is 18.7 Å². The molecule has 1 fully saturated rings. The third-order valence-electron chi connectivity index (χ3n) is 5.26. The third kappa shape index (κ3) is 3.20. The maximum atomic E-state index is 10.7. The first kappa shape index (κ1) is 13.1. The van der Waals surface area contributed by atoms with Crippen molar-refractivity contribution in [1.29, 1.82) is 0 Å². The van der Waals surface area contributed by atoms with Gasteiger partial charge >= 0.3 is 0 Å². The average molecular weight is 322 g/mol. The summed E-state index contributed by atoms with van der Waals surface area (Å²) in [5.74, 6) is 1.57. The molecule has 0 saturated carbocycles. The molecular weight excluding hydrogens is 290 g/mol. The number of ether oxygens (including phenoxy) is 2. The Bertz CT molecular complexity index is 648. The predicted molar refractivity (Wildman–Crippen MR) is 91.1 cm³/mol. The number of benzene rings is 1. The lowest BCUT2D eigenvalue weighted by Crippen LogP contribution is -2.48. The zero-order chi connectivity index (χ0) is 19.1. The van der Waals surface area contributed by atoms with Gasteiger partial charge in [-0.3, -0.25) is 4.90 Å². The van der Waals surface area contributed by atoms with Crippen LogP contribution in [-0.4, -0.2) is 43.3 Å². The third-order valence-corrected chi connectivity index (χ3v) is 5.26. The van der Waals surface area contributed by atoms with Crippen LogP contribution in [-0.2, 0) is 6.42 Å². The minimum Gasteiger partial charge on any atom is -0.493 e. The highest BCUT2D eigenvalue weighted by atomic mass is 16.5. The van der Waals surface area contributed by atoms with Crippen molar-refractivity contribution in [3.63, 3.8) is 0 Å². The van der Waals surface area contributed by atoms with E-state index >= 15 is 0 Å². The first-order valence-corrected chi connectivity index (χ1v) is 8.50. The van der Waals surface area contributed by atoms with Gasteiger partial charge in [0.25, 0.3) is 0 Å². The first-order valence-electron chi connectivity index (χ1n) is 10.00. The van der Waals surface area contributed by atoms with Gasteiger partial charge in [0.15, 0.2) is 11.5 Å². The van der Waals surface area contributed by atoms with Gasteiger partial charge in [0.1, 0.15) is 0 Å². The molecule has 0 bridgehead atoms. The molecule has 1 saturated heterocycles. The number of aliphatic hydroxyl groups is 1. The maximum absolute atomic E-state index is 10.7. The number of hydrogen-bond acceptors (Lipinski definition) is 4. The van der Waals surface area contributed by atoms with Crippen LogP contribution in [0.1, 0.15) is 48.0 Å². The van der Waals surface area contributed by atoms with Crippen molar-refractivity contribution in [2.75, 3.05) is 27.2 Å². The molecule has 3 atom stereocenters. The molecule has 0 aliphatic carbocycles. The second kappa shape index (κ2) is 6.70. The lowest BCUT2D eigenvalue weighted by molar-refractivity contribution is -0.0191. The van der Waals surface area contributed by atoms with Gasteiger partial charge in [-0.05, 0) is 54.4 Å². The Morgan fingerprint density at radius 2 is 2.13 bits per heavy atom. The van der Waals surface area contributed by atoms with Crippen molar-refractivity contribution in [2.24, 2.45) is 11.8 Å². The Hall–Kier alpha value is -1.26. The van der Waals surface area contributed by atoms with Crippen molar-refractivity contribution in [1.82, 2.24) is 4.90 Å². The van der Waals surface area contributed by atoms with E-state index < -0.39 is 7.04 Å². The van der Waals surface area contributed by atoms with Gasteiger partial charge < -0.3 is 14.6 Å². The highest BCUT2D eigenvalue weighted by Crippen LogP contribution is 2.43. The Balaban J connectivity index is 1.87. The summed E-state index contributed by atoms with van der Waals surface area (Å²) in [5, 5.41) is 10.7. The summed E-state index contributed by atoms with van der Waals surface area (Å²) in [4.78, 5) is 2.45. The number of methoxy groups -OCH3 is 2. The Morgan fingerprint density at radius 1 is 1.35 bits per heavy atom. The molecule has 4 heteroatoms. The molecule has 0 spiro atoms. The van der Waals surface area contributed by atoms with Crippen LogP contribution < -0.4 is 9.47 Å². The van der Waals surface area contributed by atoms with E-state index in [1.54, 1.807) is 6.07 Å². The fraction of sp³-hybridized carbons (Fsp3) is 0.684. The van der Waals surface area contributed by atoms with E-state index in [1.807, 2.05) is 6.07 Å². The summed E-state index contributed by atoms with van der Waals surface area (Å²) in [6, 6.07) is 3.83. The van der Waals surface area contributed by atoms with Crippen LogP contribution in [0.25, 0.3) is 0 Å². The van der Waals surface area contributed by atoms with Crippen LogP contribution in [0.4, 0.5) is 0 Å². The second-order valence-electron chi connectivity index (χ2n) is 7.26. The lowest BCUT2D eigenvalue weighted by Gasteiger charge is -2.46. The highest BCUT2D eigenvalue weighted by molar-refractivity contribution is 5.49. The number of hydrogen-bond donors (Lipinski definition) is 1. The van der Waals surface area contributed by atoms with Crippen molar-refractivity contribution in [2.45, 2.75) is 45.3 Å². The molecule has 2 aliphatic rings. The van der Waals surface area contributed by atoms with Gasteiger partial charge in [-0.2, -0.15) is 0 Å². The molecular formula is C19H29NO3. The quantitative estimate of drug-likeness (QED) is 0.925. The molecule has 128 valence electrons. The molecule has 2 heterocycles. The van der Waals surface area contributed by atoms with Crippen LogP contribution in [0.3, 0.4) is 0 Å². The summed E-state index contributed by atoms with van der Waals surface area (Å²) in [6.07, 6.45) is 2.27. The minimum atomic E-state index is -2.51. The van der Waals surface area contributed by atoms with E-state index in [4.69, 9.17) is 13.6 Å². The van der Waals surface area contributed by atoms with Crippen LogP contribution in [0.15, 0.2) is 12.1 Å². The number of nitrogens with zero attached hydrogens (tertiary/aromatic N) is 1. The summed E-state index contributed by atoms with van der Waals surface area (Å²) in [7, 11) is -0.990. The fourth-order valence-electron chi connectivity index (χ4n) is 4.18. The molecule has 2 aliphatic heterocycles. The van der Waals surface area contributed by atoms with Crippen molar-refractivity contribution in [3.05, 3.63) is 23.3 Å². The summed E-state index contributed by atoms with van der Waals surface area (Å²) < 4.78 is 32.5. The average Bonchev–Trinajstić information content (AvgIpc) is 2.53. The smallest absolute Gasteiger partial charge is 0.161 e. The molecule has 0 unspecified atom stereocenters. The summed E-state index contributed by atoms with van der Waals surface area (Å²) >= 11 is 0. The van der Waals surface area contributed by atoms with E-state index in [-0.39, 0.29) is 17.9 Å². The van der Waals surface area contributed by atoms with Crippen LogP contribution >= 0.6 is 0 Å². The van der Waals surface area contributed by atoms with Crippen molar-refractivity contribution >= 4 is 0 Å². The lowest BCUT2D eigenvalue weighted by atomic mass is 9.79. The largest absolute Gasteiger partial charge is 0.493 e. The van der Waals surface area contributed by atoms with E-state index in [0.29, 0.717) is 24.0 Å². The number of piperidine rings is 1. The normalized spacial score (nSPS) is 30.0. The van der Waals surface area contributed by atoms with E-state index in [1.165, 1.54) is 7.11 Å². The molecule has 4 nitrogen and oxygen atoms in total. The number of rotatable bonds is 4. The molecule has 3 rings (SSSR count). The Morgan fingerprint density at radius 3 is 2.83 bits per heavy atom. The van der Waals surface area contributed by atoms with Crippen LogP contribution in [0.2, 0.25) is 0 Å². The van der Waals surface area contributed by atoms with Crippen LogP contribution in [0, 0.1) is 11.8 Å².